The number of hydrogen-bond acceptors (Lipinski definition) is 4. The van der Waals surface area contributed by atoms with Crippen LogP contribution in [0.15, 0.2) is 31.6 Å². The Kier molecular flexibility index (Phi) is 24.3. The van der Waals surface area contributed by atoms with Gasteiger partial charge in [0, 0.05) is 51.6 Å². The molecule has 0 bridgehead atoms. The molecule has 0 aromatic carbocycles. The predicted molar refractivity (Wildman–Crippen MR) is 143 cm³/mol. The van der Waals surface area contributed by atoms with Crippen molar-refractivity contribution in [3.8, 4) is 6.07 Å². The average Bonchev–Trinajstić information content (AvgIpc) is 3.30. The summed E-state index contributed by atoms with van der Waals surface area (Å²) in [5, 5.41) is 12.9. The van der Waals surface area contributed by atoms with Crippen LogP contribution in [0.2, 0.25) is 0 Å². The molecule has 1 fully saturated rings. The summed E-state index contributed by atoms with van der Waals surface area (Å²) in [5.41, 5.74) is 2.10. The van der Waals surface area contributed by atoms with Gasteiger partial charge in [0.25, 0.3) is 0 Å². The van der Waals surface area contributed by atoms with Gasteiger partial charge in [-0.1, -0.05) is 73.4 Å². The number of nitrogens with one attached hydrogen (secondary N) is 1. The molecule has 0 aliphatic carbocycles. The summed E-state index contributed by atoms with van der Waals surface area (Å²) < 4.78 is 35.6. The Bertz CT molecular complexity index is 832. The molecular formula is C27H41F3N5O2Y-. The maximum absolute atomic E-state index is 11.9. The topological polar surface area (TPSA) is 100 Å². The summed E-state index contributed by atoms with van der Waals surface area (Å²) in [4.78, 5) is 28.2. The molecule has 7 nitrogen and oxygen atoms in total. The largest absolute Gasteiger partial charge is 0.562 e. The number of amides is 2. The van der Waals surface area contributed by atoms with Crippen LogP contribution in [0.1, 0.15) is 65.5 Å². The maximum Gasteiger partial charge on any atom is 0.312 e. The SMILES string of the molecule is C=Cc1ccncc1C=C.CC(C)C.CC(C)C.N#CCNC(=O)C1CCCN1C(=O)C[N-]C(F)(F)F.[Y]. The van der Waals surface area contributed by atoms with Gasteiger partial charge in [0.1, 0.15) is 12.6 Å². The van der Waals surface area contributed by atoms with E-state index in [1.165, 1.54) is 0 Å². The van der Waals surface area contributed by atoms with E-state index in [1.54, 1.807) is 30.6 Å². The van der Waals surface area contributed by atoms with Gasteiger partial charge in [-0.15, -0.1) is 0 Å². The number of nitriles is 1. The molecular weight excluding hydrogens is 572 g/mol. The Morgan fingerprint density at radius 1 is 1.18 bits per heavy atom. The summed E-state index contributed by atoms with van der Waals surface area (Å²) in [7, 11) is 0. The Morgan fingerprint density at radius 2 is 1.71 bits per heavy atom. The fourth-order valence-corrected chi connectivity index (χ4v) is 2.60. The van der Waals surface area contributed by atoms with Crippen molar-refractivity contribution < 1.29 is 55.5 Å². The molecule has 1 aliphatic rings. The molecule has 2 heterocycles. The van der Waals surface area contributed by atoms with Gasteiger partial charge < -0.3 is 15.5 Å². The van der Waals surface area contributed by atoms with Gasteiger partial charge in [-0.25, -0.2) is 0 Å². The molecule has 1 aliphatic heterocycles. The van der Waals surface area contributed by atoms with Gasteiger partial charge in [-0.05, 0) is 41.9 Å². The van der Waals surface area contributed by atoms with Crippen molar-refractivity contribution in [1.82, 2.24) is 15.2 Å². The van der Waals surface area contributed by atoms with E-state index >= 15 is 0 Å². The molecule has 1 aromatic heterocycles. The van der Waals surface area contributed by atoms with E-state index in [2.05, 4.69) is 70.3 Å². The molecule has 1 N–H and O–H groups in total. The standard InChI is InChI=1S/C10H12F3N4O2.C9H9N.2C4H10.Y/c11-10(12,13)16-6-8(18)17-5-1-2-7(17)9(19)15-4-3-14;1-3-8-5-6-10-7-9(8)4-2;2*1-4(2)3;/h7H,1-2,4-6H2,(H,15,19);3-7H,1-2H2;2*4H,1-3H3;/q-1;;;;. The number of halogens is 3. The van der Waals surface area contributed by atoms with Crippen LogP contribution in [-0.2, 0) is 42.3 Å². The van der Waals surface area contributed by atoms with Gasteiger partial charge >= 0.3 is 6.30 Å². The third-order valence-electron chi connectivity index (χ3n) is 3.94. The summed E-state index contributed by atoms with van der Waals surface area (Å²) in [6, 6.07) is 2.80. The van der Waals surface area contributed by atoms with Crippen molar-refractivity contribution in [2.24, 2.45) is 11.8 Å². The Labute approximate surface area is 251 Å². The second kappa shape index (κ2) is 22.9. The minimum atomic E-state index is -4.76. The number of pyridine rings is 1. The summed E-state index contributed by atoms with van der Waals surface area (Å²) >= 11 is 0. The van der Waals surface area contributed by atoms with Gasteiger partial charge in [0.15, 0.2) is 0 Å². The molecule has 1 saturated heterocycles. The van der Waals surface area contributed by atoms with E-state index in [9.17, 15) is 22.8 Å². The molecule has 11 heteroatoms. The summed E-state index contributed by atoms with van der Waals surface area (Å²) in [6.45, 7) is 19.3. The van der Waals surface area contributed by atoms with E-state index in [0.717, 1.165) is 27.9 Å². The average molecular weight is 614 g/mol. The zero-order valence-electron chi connectivity index (χ0n) is 23.4. The minimum Gasteiger partial charge on any atom is -0.562 e. The molecule has 1 radical (unpaired) electrons. The van der Waals surface area contributed by atoms with Crippen LogP contribution in [-0.4, -0.2) is 53.7 Å². The fourth-order valence-electron chi connectivity index (χ4n) is 2.60. The zero-order chi connectivity index (χ0) is 29.0. The summed E-state index contributed by atoms with van der Waals surface area (Å²) in [6.07, 6.45) is 3.21. The number of aromatic nitrogens is 1. The van der Waals surface area contributed by atoms with Crippen LogP contribution in [0.3, 0.4) is 0 Å². The van der Waals surface area contributed by atoms with Crippen LogP contribution in [0.5, 0.6) is 0 Å². The molecule has 0 spiro atoms. The van der Waals surface area contributed by atoms with E-state index in [1.807, 2.05) is 6.07 Å². The van der Waals surface area contributed by atoms with Crippen molar-refractivity contribution in [1.29, 1.82) is 5.26 Å². The van der Waals surface area contributed by atoms with E-state index in [4.69, 9.17) is 5.26 Å². The fraction of sp³-hybridized carbons (Fsp3) is 0.556. The van der Waals surface area contributed by atoms with Crippen molar-refractivity contribution >= 4 is 24.0 Å². The van der Waals surface area contributed by atoms with Crippen molar-refractivity contribution in [3.05, 3.63) is 48.1 Å². The quantitative estimate of drug-likeness (QED) is 0.305. The summed E-state index contributed by atoms with van der Waals surface area (Å²) in [5.74, 6) is 0.298. The first-order valence-electron chi connectivity index (χ1n) is 12.1. The second-order valence-electron chi connectivity index (χ2n) is 9.28. The number of hydrogen-bond donors (Lipinski definition) is 1. The first kappa shape index (κ1) is 40.4. The second-order valence-corrected chi connectivity index (χ2v) is 9.28. The molecule has 1 unspecified atom stereocenters. The van der Waals surface area contributed by atoms with Crippen LogP contribution in [0.4, 0.5) is 13.2 Å². The minimum absolute atomic E-state index is 0. The Hall–Kier alpha value is -2.09. The molecule has 1 aromatic rings. The molecule has 2 rings (SSSR count). The zero-order valence-corrected chi connectivity index (χ0v) is 26.2. The van der Waals surface area contributed by atoms with Crippen LogP contribution < -0.4 is 5.32 Å². The normalized spacial score (nSPS) is 13.7. The number of carbonyl (C=O) groups is 2. The first-order chi connectivity index (χ1) is 17.2. The first-order valence-corrected chi connectivity index (χ1v) is 12.1. The molecule has 38 heavy (non-hydrogen) atoms. The Balaban J connectivity index is -0.000000537. The smallest absolute Gasteiger partial charge is 0.312 e. The number of likely N-dealkylation sites (tertiary alicyclic amines) is 1. The predicted octanol–water partition coefficient (Wildman–Crippen LogP) is 6.20. The van der Waals surface area contributed by atoms with E-state index in [-0.39, 0.29) is 45.8 Å². The number of alkyl halides is 3. The molecule has 2 amide bonds. The third-order valence-corrected chi connectivity index (χ3v) is 3.94. The van der Waals surface area contributed by atoms with Crippen molar-refractivity contribution in [3.63, 3.8) is 0 Å². The number of carbonyl (C=O) groups excluding carboxylic acids is 2. The number of rotatable bonds is 6. The van der Waals surface area contributed by atoms with E-state index < -0.39 is 30.7 Å². The van der Waals surface area contributed by atoms with Gasteiger partial charge in [-0.3, -0.25) is 14.6 Å². The molecule has 1 atom stereocenters. The van der Waals surface area contributed by atoms with Crippen LogP contribution in [0, 0.1) is 23.2 Å². The third kappa shape index (κ3) is 21.9. The Morgan fingerprint density at radius 3 is 2.13 bits per heavy atom. The van der Waals surface area contributed by atoms with Gasteiger partial charge in [0.05, 0.1) is 6.07 Å². The molecule has 211 valence electrons. The maximum atomic E-state index is 11.9. The van der Waals surface area contributed by atoms with Crippen LogP contribution >= 0.6 is 0 Å². The van der Waals surface area contributed by atoms with Gasteiger partial charge in [-0.2, -0.15) is 18.4 Å². The monoisotopic (exact) mass is 613 g/mol. The van der Waals surface area contributed by atoms with E-state index in [0.29, 0.717) is 12.8 Å². The van der Waals surface area contributed by atoms with Crippen LogP contribution in [0.25, 0.3) is 17.5 Å². The number of nitrogens with zero attached hydrogens (tertiary/aromatic N) is 4. The van der Waals surface area contributed by atoms with Crippen molar-refractivity contribution in [2.45, 2.75) is 66.7 Å². The molecule has 0 saturated carbocycles. The van der Waals surface area contributed by atoms with Gasteiger partial charge in [0.2, 0.25) is 11.8 Å². The van der Waals surface area contributed by atoms with Crippen molar-refractivity contribution in [2.75, 3.05) is 19.6 Å².